The highest BCUT2D eigenvalue weighted by Crippen LogP contribution is 2.12. The van der Waals surface area contributed by atoms with Gasteiger partial charge in [0, 0.05) is 26.2 Å². The SMILES string of the molecule is CC(N)=O.CNCCCCCC(=O)O.O=CCCCCCCCCCCCCCCC(=O)O. The van der Waals surface area contributed by atoms with Crippen LogP contribution in [0.4, 0.5) is 0 Å². The van der Waals surface area contributed by atoms with Crippen molar-refractivity contribution in [2.45, 2.75) is 122 Å². The number of unbranched alkanes of at least 4 members (excludes halogenated alkanes) is 14. The van der Waals surface area contributed by atoms with Gasteiger partial charge < -0.3 is 26.1 Å². The quantitative estimate of drug-likeness (QED) is 0.134. The van der Waals surface area contributed by atoms with Gasteiger partial charge in [-0.25, -0.2) is 0 Å². The van der Waals surface area contributed by atoms with Gasteiger partial charge in [-0.15, -0.1) is 0 Å². The lowest BCUT2D eigenvalue weighted by Gasteiger charge is -2.02. The number of rotatable bonds is 21. The van der Waals surface area contributed by atoms with E-state index in [1.54, 1.807) is 0 Å². The summed E-state index contributed by atoms with van der Waals surface area (Å²) < 4.78 is 0. The van der Waals surface area contributed by atoms with Gasteiger partial charge in [0.25, 0.3) is 0 Å². The molecule has 33 heavy (non-hydrogen) atoms. The highest BCUT2D eigenvalue weighted by atomic mass is 16.4. The first-order chi connectivity index (χ1) is 15.8. The molecule has 0 unspecified atom stereocenters. The Bertz CT molecular complexity index is 454. The third-order valence-corrected chi connectivity index (χ3v) is 4.78. The molecule has 0 saturated heterocycles. The van der Waals surface area contributed by atoms with Crippen LogP contribution in [0.3, 0.4) is 0 Å². The van der Waals surface area contributed by atoms with Crippen LogP contribution in [0.2, 0.25) is 0 Å². The predicted molar refractivity (Wildman–Crippen MR) is 133 cm³/mol. The molecule has 8 nitrogen and oxygen atoms in total. The minimum atomic E-state index is -0.690. The van der Waals surface area contributed by atoms with Crippen molar-refractivity contribution in [2.75, 3.05) is 13.6 Å². The van der Waals surface area contributed by atoms with Gasteiger partial charge in [-0.1, -0.05) is 70.6 Å². The van der Waals surface area contributed by atoms with Gasteiger partial charge in [-0.2, -0.15) is 0 Å². The van der Waals surface area contributed by atoms with Crippen LogP contribution in [0, 0.1) is 0 Å². The number of carboxylic acids is 2. The van der Waals surface area contributed by atoms with E-state index in [-0.39, 0.29) is 5.91 Å². The highest BCUT2D eigenvalue weighted by Gasteiger charge is 1.97. The van der Waals surface area contributed by atoms with E-state index in [1.165, 1.54) is 64.7 Å². The van der Waals surface area contributed by atoms with E-state index in [2.05, 4.69) is 11.1 Å². The van der Waals surface area contributed by atoms with Crippen molar-refractivity contribution in [3.63, 3.8) is 0 Å². The van der Waals surface area contributed by atoms with Crippen LogP contribution in [0.5, 0.6) is 0 Å². The summed E-state index contributed by atoms with van der Waals surface area (Å²) in [6.07, 6.45) is 19.6. The Morgan fingerprint density at radius 2 is 0.970 bits per heavy atom. The van der Waals surface area contributed by atoms with Gasteiger partial charge >= 0.3 is 11.9 Å². The molecule has 0 saturated carbocycles. The minimum absolute atomic E-state index is 0.309. The Morgan fingerprint density at radius 3 is 1.27 bits per heavy atom. The van der Waals surface area contributed by atoms with Crippen molar-refractivity contribution in [3.05, 3.63) is 0 Å². The van der Waals surface area contributed by atoms with Crippen LogP contribution in [0.1, 0.15) is 122 Å². The zero-order valence-corrected chi connectivity index (χ0v) is 21.1. The maximum atomic E-state index is 10.3. The summed E-state index contributed by atoms with van der Waals surface area (Å²) in [6, 6.07) is 0. The first-order valence-corrected chi connectivity index (χ1v) is 12.6. The Morgan fingerprint density at radius 1 is 0.667 bits per heavy atom. The molecule has 0 aliphatic heterocycles. The topological polar surface area (TPSA) is 147 Å². The maximum Gasteiger partial charge on any atom is 0.303 e. The third-order valence-electron chi connectivity index (χ3n) is 4.78. The predicted octanol–water partition coefficient (Wildman–Crippen LogP) is 5.07. The molecule has 196 valence electrons. The van der Waals surface area contributed by atoms with Gasteiger partial charge in [0.1, 0.15) is 6.29 Å². The Balaban J connectivity index is -0.000000534. The third kappa shape index (κ3) is 53.4. The van der Waals surface area contributed by atoms with Crippen molar-refractivity contribution in [1.82, 2.24) is 5.32 Å². The summed E-state index contributed by atoms with van der Waals surface area (Å²) >= 11 is 0. The summed E-state index contributed by atoms with van der Waals surface area (Å²) in [5, 5.41) is 19.8. The van der Waals surface area contributed by atoms with Crippen LogP contribution < -0.4 is 11.1 Å². The molecular weight excluding hydrogens is 424 g/mol. The van der Waals surface area contributed by atoms with Crippen molar-refractivity contribution in [2.24, 2.45) is 5.73 Å². The maximum absolute atomic E-state index is 10.3. The lowest BCUT2D eigenvalue weighted by molar-refractivity contribution is -0.138. The summed E-state index contributed by atoms with van der Waals surface area (Å²) in [7, 11) is 1.90. The number of nitrogens with two attached hydrogens (primary N) is 1. The number of carbonyl (C=O) groups excluding carboxylic acids is 2. The van der Waals surface area contributed by atoms with E-state index in [4.69, 9.17) is 10.2 Å². The largest absolute Gasteiger partial charge is 0.481 e. The molecule has 0 aromatic carbocycles. The second-order valence-electron chi connectivity index (χ2n) is 8.26. The molecule has 0 aromatic heterocycles. The summed E-state index contributed by atoms with van der Waals surface area (Å²) in [6.45, 7) is 2.29. The van der Waals surface area contributed by atoms with Crippen molar-refractivity contribution in [3.8, 4) is 0 Å². The summed E-state index contributed by atoms with van der Waals surface area (Å²) in [5.74, 6) is -1.70. The van der Waals surface area contributed by atoms with E-state index in [9.17, 15) is 19.2 Å². The van der Waals surface area contributed by atoms with E-state index in [1.807, 2.05) is 7.05 Å². The first-order valence-electron chi connectivity index (χ1n) is 12.6. The highest BCUT2D eigenvalue weighted by molar-refractivity contribution is 5.70. The average Bonchev–Trinajstić information content (AvgIpc) is 2.73. The second kappa shape index (κ2) is 32.2. The first kappa shape index (κ1) is 35.6. The van der Waals surface area contributed by atoms with Gasteiger partial charge in [0.05, 0.1) is 0 Å². The van der Waals surface area contributed by atoms with Gasteiger partial charge in [0.15, 0.2) is 0 Å². The van der Waals surface area contributed by atoms with Gasteiger partial charge in [0.2, 0.25) is 5.91 Å². The van der Waals surface area contributed by atoms with Crippen LogP contribution in [0.25, 0.3) is 0 Å². The Labute approximate surface area is 201 Å². The molecule has 5 N–H and O–H groups in total. The fraction of sp³-hybridized carbons (Fsp3) is 0.840. The smallest absolute Gasteiger partial charge is 0.303 e. The molecule has 0 spiro atoms. The second-order valence-corrected chi connectivity index (χ2v) is 8.26. The Kier molecular flexibility index (Phi) is 34.8. The fourth-order valence-corrected chi connectivity index (χ4v) is 3.03. The number of hydrogen-bond donors (Lipinski definition) is 4. The van der Waals surface area contributed by atoms with E-state index in [0.717, 1.165) is 57.8 Å². The number of hydrogen-bond acceptors (Lipinski definition) is 5. The van der Waals surface area contributed by atoms with Crippen LogP contribution >= 0.6 is 0 Å². The van der Waals surface area contributed by atoms with Crippen molar-refractivity contribution >= 4 is 24.1 Å². The summed E-state index contributed by atoms with van der Waals surface area (Å²) in [5.41, 5.74) is 4.47. The normalized spacial score (nSPS) is 9.76. The van der Waals surface area contributed by atoms with E-state index < -0.39 is 11.9 Å². The zero-order chi connectivity index (χ0) is 25.6. The number of nitrogens with one attached hydrogen (secondary N) is 1. The number of carboxylic acid groups (broad SMARTS) is 2. The molecule has 0 aliphatic carbocycles. The molecule has 1 amide bonds. The number of aldehydes is 1. The summed E-state index contributed by atoms with van der Waals surface area (Å²) in [4.78, 5) is 39.6. The lowest BCUT2D eigenvalue weighted by atomic mass is 10.0. The number of aliphatic carboxylic acids is 2. The van der Waals surface area contributed by atoms with Crippen LogP contribution in [0.15, 0.2) is 0 Å². The monoisotopic (exact) mass is 474 g/mol. The number of amides is 1. The average molecular weight is 475 g/mol. The number of carbonyl (C=O) groups is 4. The van der Waals surface area contributed by atoms with Gasteiger partial charge in [-0.3, -0.25) is 14.4 Å². The molecule has 0 aromatic rings. The van der Waals surface area contributed by atoms with E-state index in [0.29, 0.717) is 12.8 Å². The molecule has 0 atom stereocenters. The molecule has 0 fully saturated rings. The van der Waals surface area contributed by atoms with E-state index >= 15 is 0 Å². The molecule has 0 rings (SSSR count). The van der Waals surface area contributed by atoms with Crippen LogP contribution in [-0.4, -0.2) is 47.9 Å². The fourth-order valence-electron chi connectivity index (χ4n) is 3.03. The molecule has 0 radical (unpaired) electrons. The van der Waals surface area contributed by atoms with Gasteiger partial charge in [-0.05, 0) is 39.3 Å². The minimum Gasteiger partial charge on any atom is -0.481 e. The van der Waals surface area contributed by atoms with Crippen LogP contribution in [-0.2, 0) is 19.2 Å². The zero-order valence-electron chi connectivity index (χ0n) is 21.1. The number of primary amides is 1. The molecule has 0 heterocycles. The molecule has 0 bridgehead atoms. The lowest BCUT2D eigenvalue weighted by Crippen LogP contribution is -2.07. The molecule has 8 heteroatoms. The Hall–Kier alpha value is -1.96. The van der Waals surface area contributed by atoms with Crippen molar-refractivity contribution in [1.29, 1.82) is 0 Å². The molecular formula is C25H50N2O6. The standard InChI is InChI=1S/C16H30O3.C7H15NO2.C2H5NO/c17-15-13-11-9-7-5-3-1-2-4-6-8-10-12-14-16(18)19;1-8-6-4-2-3-5-7(9)10;1-2(3)4/h15H,1-14H2,(H,18,19);8H,2-6H2,1H3,(H,9,10);1H3,(H2,3,4). The van der Waals surface area contributed by atoms with Crippen molar-refractivity contribution < 1.29 is 29.4 Å². The molecule has 0 aliphatic rings.